The van der Waals surface area contributed by atoms with E-state index in [2.05, 4.69) is 27.2 Å². The number of hydrogen-bond acceptors (Lipinski definition) is 4. The summed E-state index contributed by atoms with van der Waals surface area (Å²) in [6.45, 7) is 5.46. The second-order valence-corrected chi connectivity index (χ2v) is 5.34. The zero-order valence-electron chi connectivity index (χ0n) is 12.9. The van der Waals surface area contributed by atoms with Crippen LogP contribution in [-0.2, 0) is 6.54 Å². The fourth-order valence-electron chi connectivity index (χ4n) is 1.81. The number of terminal acetylenes is 1. The van der Waals surface area contributed by atoms with E-state index in [-0.39, 0.29) is 31.7 Å². The van der Waals surface area contributed by atoms with Gasteiger partial charge in [0.2, 0.25) is 0 Å². The molecule has 22 heavy (non-hydrogen) atoms. The lowest BCUT2D eigenvalue weighted by Crippen LogP contribution is -2.31. The van der Waals surface area contributed by atoms with E-state index in [0.717, 1.165) is 16.5 Å². The highest BCUT2D eigenvalue weighted by Crippen LogP contribution is 2.34. The van der Waals surface area contributed by atoms with Crippen molar-refractivity contribution < 1.29 is 14.6 Å². The molecule has 0 aliphatic carbocycles. The highest BCUT2D eigenvalue weighted by atomic mass is 79.9. The zero-order valence-corrected chi connectivity index (χ0v) is 15.3. The number of rotatable bonds is 9. The number of halogens is 2. The van der Waals surface area contributed by atoms with Crippen molar-refractivity contribution >= 4 is 28.3 Å². The molecule has 2 N–H and O–H groups in total. The summed E-state index contributed by atoms with van der Waals surface area (Å²) in [6.07, 6.45) is 6.09. The summed E-state index contributed by atoms with van der Waals surface area (Å²) in [6, 6.07) is 3.88. The van der Waals surface area contributed by atoms with E-state index >= 15 is 0 Å². The van der Waals surface area contributed by atoms with Crippen LogP contribution in [0.1, 0.15) is 25.8 Å². The molecule has 4 nitrogen and oxygen atoms in total. The van der Waals surface area contributed by atoms with Crippen molar-refractivity contribution in [1.82, 2.24) is 5.32 Å². The van der Waals surface area contributed by atoms with Crippen molar-refractivity contribution in [3.05, 3.63) is 22.2 Å². The molecule has 0 aromatic heterocycles. The summed E-state index contributed by atoms with van der Waals surface area (Å²) in [5.41, 5.74) is 1.04. The maximum atomic E-state index is 9.22. The van der Waals surface area contributed by atoms with Crippen LogP contribution in [0, 0.1) is 12.3 Å². The molecule has 124 valence electrons. The Balaban J connectivity index is 0.00000441. The first-order valence-corrected chi connectivity index (χ1v) is 7.81. The number of ether oxygens (including phenoxy) is 2. The third kappa shape index (κ3) is 6.45. The first-order chi connectivity index (χ1) is 10.2. The van der Waals surface area contributed by atoms with Gasteiger partial charge >= 0.3 is 0 Å². The van der Waals surface area contributed by atoms with Crippen molar-refractivity contribution in [2.75, 3.05) is 19.8 Å². The van der Waals surface area contributed by atoms with Crippen LogP contribution in [-0.4, -0.2) is 31.0 Å². The minimum Gasteiger partial charge on any atom is -0.490 e. The lowest BCUT2D eigenvalue weighted by Gasteiger charge is -2.17. The number of aliphatic hydroxyl groups is 1. The summed E-state index contributed by atoms with van der Waals surface area (Å²) < 4.78 is 12.0. The Morgan fingerprint density at radius 1 is 1.32 bits per heavy atom. The second-order valence-electron chi connectivity index (χ2n) is 4.48. The second kappa shape index (κ2) is 11.6. The predicted molar refractivity (Wildman–Crippen MR) is 94.9 cm³/mol. The molecule has 0 fully saturated rings. The smallest absolute Gasteiger partial charge is 0.163 e. The normalized spacial score (nSPS) is 11.2. The lowest BCUT2D eigenvalue weighted by atomic mass is 10.1. The van der Waals surface area contributed by atoms with Crippen molar-refractivity contribution in [2.24, 2.45) is 0 Å². The van der Waals surface area contributed by atoms with Gasteiger partial charge in [-0.2, -0.15) is 0 Å². The third-order valence-electron chi connectivity index (χ3n) is 3.02. The van der Waals surface area contributed by atoms with Crippen LogP contribution < -0.4 is 14.8 Å². The van der Waals surface area contributed by atoms with Crippen molar-refractivity contribution in [3.8, 4) is 23.8 Å². The Morgan fingerprint density at radius 3 is 2.55 bits per heavy atom. The highest BCUT2D eigenvalue weighted by Gasteiger charge is 2.12. The van der Waals surface area contributed by atoms with Gasteiger partial charge in [0.15, 0.2) is 11.5 Å². The molecule has 1 aromatic carbocycles. The van der Waals surface area contributed by atoms with Gasteiger partial charge < -0.3 is 19.9 Å². The number of hydrogen-bond donors (Lipinski definition) is 2. The van der Waals surface area contributed by atoms with Crippen LogP contribution >= 0.6 is 28.3 Å². The molecule has 0 aliphatic heterocycles. The van der Waals surface area contributed by atoms with Crippen LogP contribution in [0.2, 0.25) is 0 Å². The van der Waals surface area contributed by atoms with Gasteiger partial charge in [0.1, 0.15) is 6.61 Å². The van der Waals surface area contributed by atoms with Crippen molar-refractivity contribution in [2.45, 2.75) is 32.9 Å². The fraction of sp³-hybridized carbons (Fsp3) is 0.500. The summed E-state index contributed by atoms with van der Waals surface area (Å²) in [4.78, 5) is 0. The van der Waals surface area contributed by atoms with E-state index < -0.39 is 0 Å². The summed E-state index contributed by atoms with van der Waals surface area (Å²) in [5.74, 6) is 3.74. The third-order valence-corrected chi connectivity index (χ3v) is 3.76. The van der Waals surface area contributed by atoms with Crippen molar-refractivity contribution in [3.63, 3.8) is 0 Å². The molecule has 0 spiro atoms. The molecular formula is C16H23BrClNO3. The van der Waals surface area contributed by atoms with E-state index in [0.29, 0.717) is 24.7 Å². The Bertz CT molecular complexity index is 487. The average Bonchev–Trinajstić information content (AvgIpc) is 2.49. The van der Waals surface area contributed by atoms with Gasteiger partial charge in [-0.1, -0.05) is 28.8 Å². The number of aliphatic hydroxyl groups excluding tert-OH is 1. The van der Waals surface area contributed by atoms with Gasteiger partial charge in [-0.15, -0.1) is 18.8 Å². The predicted octanol–water partition coefficient (Wildman–Crippen LogP) is 3.14. The molecule has 1 rings (SSSR count). The number of benzene rings is 1. The molecule has 6 heteroatoms. The summed E-state index contributed by atoms with van der Waals surface area (Å²) in [7, 11) is 0. The standard InChI is InChI=1S/C16H22BrNO3.ClH/c1-4-7-21-16-9-14(17)12(8-15(16)20-6-3)10-18-13(5-2)11-19;/h1,8-9,13,18-19H,5-7,10-11H2,2-3H3;1H. The monoisotopic (exact) mass is 391 g/mol. The minimum atomic E-state index is 0. The SMILES string of the molecule is C#CCOc1cc(Br)c(CNC(CC)CO)cc1OCC.Cl. The minimum absolute atomic E-state index is 0. The molecule has 0 saturated heterocycles. The van der Waals surface area contributed by atoms with Crippen molar-refractivity contribution in [1.29, 1.82) is 0 Å². The molecule has 0 radical (unpaired) electrons. The van der Waals surface area contributed by atoms with E-state index in [9.17, 15) is 5.11 Å². The molecule has 0 aliphatic rings. The highest BCUT2D eigenvalue weighted by molar-refractivity contribution is 9.10. The van der Waals surface area contributed by atoms with Crippen LogP contribution in [0.15, 0.2) is 16.6 Å². The fourth-order valence-corrected chi connectivity index (χ4v) is 2.27. The summed E-state index contributed by atoms with van der Waals surface area (Å²) >= 11 is 3.53. The number of nitrogens with one attached hydrogen (secondary N) is 1. The molecule has 0 bridgehead atoms. The Morgan fingerprint density at radius 2 is 2.00 bits per heavy atom. The quantitative estimate of drug-likeness (QED) is 0.634. The molecule has 0 amide bonds. The molecule has 1 atom stereocenters. The van der Waals surface area contributed by atoms with Crippen LogP contribution in [0.25, 0.3) is 0 Å². The van der Waals surface area contributed by atoms with Gasteiger partial charge in [0, 0.05) is 17.1 Å². The molecule has 0 saturated carbocycles. The maximum absolute atomic E-state index is 9.22. The lowest BCUT2D eigenvalue weighted by molar-refractivity contribution is 0.238. The first-order valence-electron chi connectivity index (χ1n) is 7.01. The molecule has 0 heterocycles. The zero-order chi connectivity index (χ0) is 15.7. The average molecular weight is 393 g/mol. The van der Waals surface area contributed by atoms with E-state index in [1.165, 1.54) is 0 Å². The Kier molecular flexibility index (Phi) is 11.1. The first kappa shape index (κ1) is 21.1. The van der Waals surface area contributed by atoms with Gasteiger partial charge in [0.05, 0.1) is 13.2 Å². The van der Waals surface area contributed by atoms with Gasteiger partial charge in [-0.25, -0.2) is 0 Å². The largest absolute Gasteiger partial charge is 0.490 e. The van der Waals surface area contributed by atoms with Crippen LogP contribution in [0.5, 0.6) is 11.5 Å². The van der Waals surface area contributed by atoms with Gasteiger partial charge in [-0.3, -0.25) is 0 Å². The summed E-state index contributed by atoms with van der Waals surface area (Å²) in [5, 5.41) is 12.5. The van der Waals surface area contributed by atoms with Gasteiger partial charge in [0.25, 0.3) is 0 Å². The van der Waals surface area contributed by atoms with E-state index in [1.807, 2.05) is 26.0 Å². The Hall–Kier alpha value is -0.930. The molecule has 1 unspecified atom stereocenters. The van der Waals surface area contributed by atoms with E-state index in [1.54, 1.807) is 0 Å². The van der Waals surface area contributed by atoms with Crippen LogP contribution in [0.4, 0.5) is 0 Å². The van der Waals surface area contributed by atoms with Gasteiger partial charge in [-0.05, 0) is 31.0 Å². The molecule has 1 aromatic rings. The maximum Gasteiger partial charge on any atom is 0.163 e. The molecular weight excluding hydrogens is 370 g/mol. The van der Waals surface area contributed by atoms with E-state index in [4.69, 9.17) is 15.9 Å². The Labute approximate surface area is 147 Å². The topological polar surface area (TPSA) is 50.7 Å². The van der Waals surface area contributed by atoms with Crippen LogP contribution in [0.3, 0.4) is 0 Å².